The second-order valence-electron chi connectivity index (χ2n) is 7.87. The Morgan fingerprint density at radius 3 is 2.73 bits per heavy atom. The smallest absolute Gasteiger partial charge is 0.225 e. The number of hydrogen-bond donors (Lipinski definition) is 0. The van der Waals surface area contributed by atoms with E-state index < -0.39 is 0 Å². The second-order valence-corrected chi connectivity index (χ2v) is 7.87. The predicted octanol–water partition coefficient (Wildman–Crippen LogP) is 4.83. The molecular weight excluding hydrogens is 372 g/mol. The molecule has 3 aromatic rings. The lowest BCUT2D eigenvalue weighted by Gasteiger charge is -2.46. The first-order valence-electron chi connectivity index (χ1n) is 10.3. The topological polar surface area (TPSA) is 53.7 Å². The molecule has 6 heteroatoms. The molecule has 1 aromatic heterocycles. The Hall–Kier alpha value is -3.64. The first-order chi connectivity index (χ1) is 14.8. The quantitative estimate of drug-likeness (QED) is 0.597. The van der Waals surface area contributed by atoms with E-state index in [2.05, 4.69) is 44.4 Å². The van der Waals surface area contributed by atoms with Gasteiger partial charge in [-0.3, -0.25) is 4.99 Å². The van der Waals surface area contributed by atoms with E-state index in [-0.39, 0.29) is 0 Å². The standard InChI is InChI=1S/C24H21N6/c1-2-5-18(6-3-1)24-27-14-19-9-10-21(13-23(19)28-24)29(20-7-4-8-20)30-12-11-25-15-22(30)16-26-17-30/h1-3,5-6,9-17,20H,4,7-8H2/q+1. The molecule has 1 saturated carbocycles. The number of anilines is 1. The highest BCUT2D eigenvalue weighted by molar-refractivity contribution is 5.85. The highest BCUT2D eigenvalue weighted by Crippen LogP contribution is 2.39. The van der Waals surface area contributed by atoms with Gasteiger partial charge in [0.25, 0.3) is 0 Å². The number of hydrogen-bond acceptors (Lipinski definition) is 5. The van der Waals surface area contributed by atoms with Crippen molar-refractivity contribution in [2.75, 3.05) is 5.01 Å². The summed E-state index contributed by atoms with van der Waals surface area (Å²) in [6, 6.07) is 17.0. The lowest BCUT2D eigenvalue weighted by atomic mass is 9.91. The van der Waals surface area contributed by atoms with Crippen molar-refractivity contribution in [3.8, 4) is 11.4 Å². The van der Waals surface area contributed by atoms with Crippen LogP contribution in [0.3, 0.4) is 0 Å². The summed E-state index contributed by atoms with van der Waals surface area (Å²) in [5.41, 5.74) is 4.15. The molecule has 0 spiro atoms. The normalized spacial score (nSPS) is 22.1. The molecule has 2 aliphatic heterocycles. The summed E-state index contributed by atoms with van der Waals surface area (Å²) in [5.74, 6) is 0.746. The van der Waals surface area contributed by atoms with Crippen LogP contribution in [0.25, 0.3) is 22.3 Å². The Labute approximate surface area is 174 Å². The minimum Gasteiger partial charge on any atom is -0.253 e. The molecule has 0 saturated heterocycles. The zero-order valence-corrected chi connectivity index (χ0v) is 16.5. The van der Waals surface area contributed by atoms with E-state index in [0.29, 0.717) is 10.6 Å². The van der Waals surface area contributed by atoms with Crippen LogP contribution in [-0.2, 0) is 0 Å². The molecule has 1 fully saturated rings. The fraction of sp³-hybridized carbons (Fsp3) is 0.167. The van der Waals surface area contributed by atoms with Crippen LogP contribution in [0.1, 0.15) is 19.3 Å². The van der Waals surface area contributed by atoms with Gasteiger partial charge in [-0.15, -0.1) is 4.59 Å². The summed E-state index contributed by atoms with van der Waals surface area (Å²) in [5, 5.41) is 3.48. The van der Waals surface area contributed by atoms with E-state index in [1.165, 1.54) is 19.3 Å². The zero-order valence-electron chi connectivity index (χ0n) is 16.5. The summed E-state index contributed by atoms with van der Waals surface area (Å²) >= 11 is 0. The van der Waals surface area contributed by atoms with Gasteiger partial charge in [0.15, 0.2) is 12.0 Å². The lowest BCUT2D eigenvalue weighted by Crippen LogP contribution is -2.61. The Morgan fingerprint density at radius 2 is 1.90 bits per heavy atom. The monoisotopic (exact) mass is 393 g/mol. The third-order valence-electron chi connectivity index (χ3n) is 6.09. The molecular formula is C24H21N6+. The third-order valence-corrected chi connectivity index (χ3v) is 6.09. The van der Waals surface area contributed by atoms with Gasteiger partial charge >= 0.3 is 0 Å². The van der Waals surface area contributed by atoms with Crippen molar-refractivity contribution in [2.24, 2.45) is 9.98 Å². The number of aromatic nitrogens is 2. The van der Waals surface area contributed by atoms with Gasteiger partial charge in [0.05, 0.1) is 35.9 Å². The first-order valence-corrected chi connectivity index (χ1v) is 10.3. The molecule has 3 aliphatic rings. The summed E-state index contributed by atoms with van der Waals surface area (Å²) in [6.45, 7) is 0. The van der Waals surface area contributed by atoms with Gasteiger partial charge in [0.2, 0.25) is 12.0 Å². The lowest BCUT2D eigenvalue weighted by molar-refractivity contribution is -0.746. The van der Waals surface area contributed by atoms with E-state index in [1.807, 2.05) is 61.5 Å². The van der Waals surface area contributed by atoms with Crippen LogP contribution >= 0.6 is 0 Å². The highest BCUT2D eigenvalue weighted by Gasteiger charge is 2.46. The van der Waals surface area contributed by atoms with Gasteiger partial charge in [-0.1, -0.05) is 30.3 Å². The summed E-state index contributed by atoms with van der Waals surface area (Å²) in [7, 11) is 0. The Bertz CT molecular complexity index is 1240. The molecule has 6 nitrogen and oxygen atoms in total. The number of nitrogens with zero attached hydrogens (tertiary/aromatic N) is 6. The van der Waals surface area contributed by atoms with E-state index >= 15 is 0 Å². The van der Waals surface area contributed by atoms with Gasteiger partial charge in [0, 0.05) is 17.1 Å². The molecule has 0 radical (unpaired) electrons. The Balaban J connectivity index is 1.48. The van der Waals surface area contributed by atoms with Gasteiger partial charge in [-0.25, -0.2) is 20.0 Å². The van der Waals surface area contributed by atoms with Gasteiger partial charge in [0.1, 0.15) is 0 Å². The maximum Gasteiger partial charge on any atom is 0.225 e. The third kappa shape index (κ3) is 2.61. The van der Waals surface area contributed by atoms with Crippen molar-refractivity contribution in [1.29, 1.82) is 0 Å². The number of fused-ring (bicyclic) bond motifs is 2. The van der Waals surface area contributed by atoms with Crippen LogP contribution in [0.2, 0.25) is 0 Å². The molecule has 0 bridgehead atoms. The van der Waals surface area contributed by atoms with Crippen LogP contribution in [0.5, 0.6) is 0 Å². The number of rotatable bonds is 4. The predicted molar refractivity (Wildman–Crippen MR) is 120 cm³/mol. The Kier molecular flexibility index (Phi) is 3.86. The fourth-order valence-electron chi connectivity index (χ4n) is 4.32. The van der Waals surface area contributed by atoms with Crippen molar-refractivity contribution < 1.29 is 4.59 Å². The van der Waals surface area contributed by atoms with Crippen LogP contribution < -0.4 is 5.01 Å². The largest absolute Gasteiger partial charge is 0.253 e. The van der Waals surface area contributed by atoms with Crippen LogP contribution in [0.15, 0.2) is 89.0 Å². The average molecular weight is 393 g/mol. The summed E-state index contributed by atoms with van der Waals surface area (Å²) < 4.78 is 0.455. The molecule has 6 rings (SSSR count). The summed E-state index contributed by atoms with van der Waals surface area (Å²) in [6.07, 6.45) is 15.2. The molecule has 2 aromatic carbocycles. The van der Waals surface area contributed by atoms with Gasteiger partial charge in [-0.05, 0) is 37.5 Å². The molecule has 0 amide bonds. The van der Waals surface area contributed by atoms with Gasteiger partial charge in [-0.2, -0.15) is 0 Å². The zero-order chi connectivity index (χ0) is 20.0. The maximum atomic E-state index is 4.88. The average Bonchev–Trinajstić information content (AvgIpc) is 3.21. The Morgan fingerprint density at radius 1 is 1.00 bits per heavy atom. The van der Waals surface area contributed by atoms with Crippen LogP contribution in [0, 0.1) is 0 Å². The van der Waals surface area contributed by atoms with E-state index in [9.17, 15) is 0 Å². The summed E-state index contributed by atoms with van der Waals surface area (Å²) in [4.78, 5) is 18.3. The molecule has 3 heterocycles. The second kappa shape index (κ2) is 6.71. The van der Waals surface area contributed by atoms with E-state index in [0.717, 1.165) is 33.7 Å². The number of quaternary nitrogens is 1. The highest BCUT2D eigenvalue weighted by atomic mass is 15.8. The van der Waals surface area contributed by atoms with Crippen LogP contribution in [-0.4, -0.2) is 33.2 Å². The molecule has 1 aliphatic carbocycles. The number of benzene rings is 2. The molecule has 1 unspecified atom stereocenters. The van der Waals surface area contributed by atoms with E-state index in [4.69, 9.17) is 4.98 Å². The maximum absolute atomic E-state index is 4.88. The van der Waals surface area contributed by atoms with Crippen molar-refractivity contribution in [1.82, 2.24) is 9.97 Å². The van der Waals surface area contributed by atoms with Crippen molar-refractivity contribution in [2.45, 2.75) is 25.3 Å². The number of allylic oxidation sites excluding steroid dienone is 1. The fourth-order valence-corrected chi connectivity index (χ4v) is 4.32. The minimum absolute atomic E-state index is 0.446. The minimum atomic E-state index is 0.446. The molecule has 1 atom stereocenters. The molecule has 0 N–H and O–H groups in total. The number of aliphatic imine (C=N–C) groups is 2. The van der Waals surface area contributed by atoms with Gasteiger partial charge < -0.3 is 0 Å². The first kappa shape index (κ1) is 17.2. The SMILES string of the molecule is C1=C[N+]2(N(c3ccc4cnc(-c5ccccc5)nc4c3)C3CCC3)C=NC=C2C=N1. The van der Waals surface area contributed by atoms with Crippen molar-refractivity contribution in [3.63, 3.8) is 0 Å². The van der Waals surface area contributed by atoms with Crippen LogP contribution in [0.4, 0.5) is 5.69 Å². The molecule has 146 valence electrons. The van der Waals surface area contributed by atoms with E-state index in [1.54, 1.807) is 0 Å². The van der Waals surface area contributed by atoms with Crippen molar-refractivity contribution >= 4 is 29.1 Å². The molecule has 30 heavy (non-hydrogen) atoms. The van der Waals surface area contributed by atoms with Crippen molar-refractivity contribution in [3.05, 3.63) is 79.0 Å².